The van der Waals surface area contributed by atoms with E-state index >= 15 is 0 Å². The molecule has 0 unspecified atom stereocenters. The zero-order valence-corrected chi connectivity index (χ0v) is 13.8. The minimum atomic E-state index is -0.683. The van der Waals surface area contributed by atoms with Crippen molar-refractivity contribution < 1.29 is 9.59 Å². The van der Waals surface area contributed by atoms with Gasteiger partial charge < -0.3 is 15.1 Å². The topological polar surface area (TPSA) is 78.4 Å². The number of nitrogens with zero attached hydrogens (tertiary/aromatic N) is 4. The van der Waals surface area contributed by atoms with Crippen molar-refractivity contribution >= 4 is 17.5 Å². The van der Waals surface area contributed by atoms with Crippen LogP contribution in [0.4, 0.5) is 5.69 Å². The number of carbonyl (C=O) groups is 2. The summed E-state index contributed by atoms with van der Waals surface area (Å²) in [7, 11) is 3.83. The van der Waals surface area contributed by atoms with Gasteiger partial charge in [0.25, 0.3) is 0 Å². The third-order valence-electron chi connectivity index (χ3n) is 3.30. The van der Waals surface area contributed by atoms with Gasteiger partial charge in [-0.3, -0.25) is 19.6 Å². The van der Waals surface area contributed by atoms with Crippen LogP contribution in [0.3, 0.4) is 0 Å². The molecular weight excluding hydrogens is 306 g/mol. The fraction of sp³-hybridized carbons (Fsp3) is 0.294. The smallest absolute Gasteiger partial charge is 0.313 e. The van der Waals surface area contributed by atoms with Gasteiger partial charge in [-0.25, -0.2) is 0 Å². The van der Waals surface area contributed by atoms with Crippen LogP contribution in [0.25, 0.3) is 0 Å². The Labute approximate surface area is 141 Å². The van der Waals surface area contributed by atoms with Gasteiger partial charge in [0.2, 0.25) is 0 Å². The van der Waals surface area contributed by atoms with Crippen molar-refractivity contribution in [3.8, 4) is 0 Å². The summed E-state index contributed by atoms with van der Waals surface area (Å²) in [5.74, 6) is -1.27. The van der Waals surface area contributed by atoms with Crippen LogP contribution in [0.15, 0.2) is 48.9 Å². The van der Waals surface area contributed by atoms with E-state index < -0.39 is 11.8 Å². The highest BCUT2D eigenvalue weighted by Crippen LogP contribution is 2.06. The Balaban J connectivity index is 2.06. The lowest BCUT2D eigenvalue weighted by Gasteiger charge is -2.23. The highest BCUT2D eigenvalue weighted by Gasteiger charge is 2.22. The summed E-state index contributed by atoms with van der Waals surface area (Å²) >= 11 is 0. The summed E-state index contributed by atoms with van der Waals surface area (Å²) < 4.78 is 0. The van der Waals surface area contributed by atoms with Crippen molar-refractivity contribution in [2.75, 3.05) is 32.5 Å². The van der Waals surface area contributed by atoms with Crippen LogP contribution in [0, 0.1) is 0 Å². The van der Waals surface area contributed by atoms with Gasteiger partial charge in [0.15, 0.2) is 0 Å². The molecule has 2 aromatic rings. The van der Waals surface area contributed by atoms with Gasteiger partial charge in [-0.1, -0.05) is 6.07 Å². The normalized spacial score (nSPS) is 10.5. The maximum Gasteiger partial charge on any atom is 0.313 e. The lowest BCUT2D eigenvalue weighted by molar-refractivity contribution is -0.143. The first kappa shape index (κ1) is 17.6. The number of aromatic nitrogens is 2. The molecule has 0 saturated carbocycles. The summed E-state index contributed by atoms with van der Waals surface area (Å²) in [5.41, 5.74) is 1.22. The minimum absolute atomic E-state index is 0.286. The van der Waals surface area contributed by atoms with Gasteiger partial charge in [0.05, 0.1) is 24.1 Å². The summed E-state index contributed by atoms with van der Waals surface area (Å²) in [4.78, 5) is 36.3. The van der Waals surface area contributed by atoms with Crippen LogP contribution in [0.1, 0.15) is 5.69 Å². The van der Waals surface area contributed by atoms with Crippen LogP contribution < -0.4 is 5.32 Å². The largest absolute Gasteiger partial charge is 0.327 e. The van der Waals surface area contributed by atoms with E-state index in [4.69, 9.17) is 0 Å². The SMILES string of the molecule is CN(C)CCN(Cc1ccccn1)C(=O)C(=O)Nc1cccnc1. The number of likely N-dealkylation sites (N-methyl/N-ethyl adjacent to an activating group) is 1. The highest BCUT2D eigenvalue weighted by atomic mass is 16.2. The average Bonchev–Trinajstić information content (AvgIpc) is 2.59. The summed E-state index contributed by atoms with van der Waals surface area (Å²) in [6, 6.07) is 8.87. The second-order valence-corrected chi connectivity index (χ2v) is 5.55. The van der Waals surface area contributed by atoms with E-state index in [1.165, 1.54) is 11.1 Å². The Morgan fingerprint density at radius 3 is 2.54 bits per heavy atom. The molecule has 0 fully saturated rings. The van der Waals surface area contributed by atoms with Crippen molar-refractivity contribution in [1.29, 1.82) is 0 Å². The Kier molecular flexibility index (Phi) is 6.39. The number of nitrogens with one attached hydrogen (secondary N) is 1. The maximum absolute atomic E-state index is 12.5. The minimum Gasteiger partial charge on any atom is -0.327 e. The van der Waals surface area contributed by atoms with Crippen molar-refractivity contribution in [1.82, 2.24) is 19.8 Å². The molecule has 2 amide bonds. The van der Waals surface area contributed by atoms with Gasteiger partial charge in [0, 0.05) is 25.5 Å². The molecule has 2 heterocycles. The Morgan fingerprint density at radius 1 is 1.08 bits per heavy atom. The predicted molar refractivity (Wildman–Crippen MR) is 91.1 cm³/mol. The molecule has 126 valence electrons. The number of pyridine rings is 2. The summed E-state index contributed by atoms with van der Waals surface area (Å²) in [6.45, 7) is 1.37. The Hall–Kier alpha value is -2.80. The summed E-state index contributed by atoms with van der Waals surface area (Å²) in [6.07, 6.45) is 4.76. The third-order valence-corrected chi connectivity index (χ3v) is 3.30. The van der Waals surface area contributed by atoms with Crippen LogP contribution >= 0.6 is 0 Å². The molecule has 0 aliphatic carbocycles. The van der Waals surface area contributed by atoms with Gasteiger partial charge in [-0.05, 0) is 38.4 Å². The van der Waals surface area contributed by atoms with Crippen LogP contribution in [-0.4, -0.2) is 58.8 Å². The Morgan fingerprint density at radius 2 is 1.92 bits per heavy atom. The van der Waals surface area contributed by atoms with Crippen molar-refractivity contribution in [2.24, 2.45) is 0 Å². The first-order valence-electron chi connectivity index (χ1n) is 7.61. The summed E-state index contributed by atoms with van der Waals surface area (Å²) in [5, 5.41) is 2.57. The number of anilines is 1. The molecular formula is C17H21N5O2. The van der Waals surface area contributed by atoms with Gasteiger partial charge in [-0.15, -0.1) is 0 Å². The molecule has 0 aromatic carbocycles. The van der Waals surface area contributed by atoms with E-state index in [0.717, 1.165) is 5.69 Å². The number of rotatable bonds is 6. The zero-order chi connectivity index (χ0) is 17.4. The molecule has 2 rings (SSSR count). The molecule has 0 aliphatic heterocycles. The van der Waals surface area contributed by atoms with E-state index in [1.807, 2.05) is 37.2 Å². The highest BCUT2D eigenvalue weighted by molar-refractivity contribution is 6.39. The molecule has 0 atom stereocenters. The van der Waals surface area contributed by atoms with Gasteiger partial charge >= 0.3 is 11.8 Å². The number of hydrogen-bond acceptors (Lipinski definition) is 5. The standard InChI is InChI=1S/C17H21N5O2/c1-21(2)10-11-22(13-15-6-3-4-9-19-15)17(24)16(23)20-14-7-5-8-18-12-14/h3-9,12H,10-11,13H2,1-2H3,(H,20,23). The fourth-order valence-electron chi connectivity index (χ4n) is 2.03. The number of carbonyl (C=O) groups excluding carboxylic acids is 2. The second kappa shape index (κ2) is 8.73. The van der Waals surface area contributed by atoms with Crippen molar-refractivity contribution in [2.45, 2.75) is 6.54 Å². The average molecular weight is 327 g/mol. The maximum atomic E-state index is 12.5. The quantitative estimate of drug-likeness (QED) is 0.801. The third kappa shape index (κ3) is 5.44. The number of hydrogen-bond donors (Lipinski definition) is 1. The predicted octanol–water partition coefficient (Wildman–Crippen LogP) is 1.01. The first-order valence-corrected chi connectivity index (χ1v) is 7.61. The van der Waals surface area contributed by atoms with Crippen LogP contribution in [0.5, 0.6) is 0 Å². The van der Waals surface area contributed by atoms with Crippen molar-refractivity contribution in [3.63, 3.8) is 0 Å². The van der Waals surface area contributed by atoms with Crippen molar-refractivity contribution in [3.05, 3.63) is 54.6 Å². The van der Waals surface area contributed by atoms with E-state index in [9.17, 15) is 9.59 Å². The molecule has 0 spiro atoms. The zero-order valence-electron chi connectivity index (χ0n) is 13.8. The fourth-order valence-corrected chi connectivity index (χ4v) is 2.03. The van der Waals surface area contributed by atoms with E-state index in [0.29, 0.717) is 18.8 Å². The molecule has 7 nitrogen and oxygen atoms in total. The molecule has 2 aromatic heterocycles. The monoisotopic (exact) mass is 327 g/mol. The van der Waals surface area contributed by atoms with E-state index in [1.54, 1.807) is 24.5 Å². The second-order valence-electron chi connectivity index (χ2n) is 5.55. The molecule has 24 heavy (non-hydrogen) atoms. The number of amides is 2. The lowest BCUT2D eigenvalue weighted by atomic mass is 10.3. The molecule has 1 N–H and O–H groups in total. The van der Waals surface area contributed by atoms with Crippen LogP contribution in [0.2, 0.25) is 0 Å². The molecule has 0 aliphatic rings. The van der Waals surface area contributed by atoms with E-state index in [-0.39, 0.29) is 6.54 Å². The molecule has 0 radical (unpaired) electrons. The lowest BCUT2D eigenvalue weighted by Crippen LogP contribution is -2.42. The first-order chi connectivity index (χ1) is 11.6. The van der Waals surface area contributed by atoms with Crippen LogP contribution in [-0.2, 0) is 16.1 Å². The van der Waals surface area contributed by atoms with E-state index in [2.05, 4.69) is 15.3 Å². The van der Waals surface area contributed by atoms with Gasteiger partial charge in [0.1, 0.15) is 0 Å². The molecule has 0 saturated heterocycles. The Bertz CT molecular complexity index is 661. The molecule has 7 heteroatoms. The molecule has 0 bridgehead atoms. The van der Waals surface area contributed by atoms with Gasteiger partial charge in [-0.2, -0.15) is 0 Å².